The number of imidazole rings is 2. The van der Waals surface area contributed by atoms with E-state index in [2.05, 4.69) is 41.5 Å². The Balaban J connectivity index is 1.22. The van der Waals surface area contributed by atoms with Crippen molar-refractivity contribution < 1.29 is 4.79 Å². The van der Waals surface area contributed by atoms with E-state index in [-0.39, 0.29) is 11.8 Å². The van der Waals surface area contributed by atoms with Crippen molar-refractivity contribution in [1.29, 1.82) is 0 Å². The summed E-state index contributed by atoms with van der Waals surface area (Å²) < 4.78 is 1.95. The van der Waals surface area contributed by atoms with Gasteiger partial charge in [-0.3, -0.25) is 14.9 Å². The van der Waals surface area contributed by atoms with Crippen LogP contribution in [0.2, 0.25) is 0 Å². The number of nitrogens with zero attached hydrogens (tertiary/aromatic N) is 6. The maximum Gasteiger partial charge on any atom is 0.227 e. The van der Waals surface area contributed by atoms with E-state index in [0.29, 0.717) is 22.9 Å². The third-order valence-corrected chi connectivity index (χ3v) is 7.46. The van der Waals surface area contributed by atoms with E-state index in [0.717, 1.165) is 64.6 Å². The number of hydrogen-bond donors (Lipinski definition) is 3. The highest BCUT2D eigenvalue weighted by Crippen LogP contribution is 2.32. The molecule has 0 spiro atoms. The molecular formula is C29H27N9O. The molecule has 1 aliphatic carbocycles. The maximum absolute atomic E-state index is 12.8. The lowest BCUT2D eigenvalue weighted by Gasteiger charge is -2.20. The number of aromatic amines is 2. The van der Waals surface area contributed by atoms with Gasteiger partial charge in [-0.05, 0) is 49.6 Å². The monoisotopic (exact) mass is 517 g/mol. The minimum atomic E-state index is 0.0869. The van der Waals surface area contributed by atoms with E-state index in [1.165, 1.54) is 6.42 Å². The van der Waals surface area contributed by atoms with Crippen molar-refractivity contribution in [3.8, 4) is 28.3 Å². The number of aryl methyl sites for hydroxylation is 1. The number of amides is 1. The molecule has 0 unspecified atom stereocenters. The van der Waals surface area contributed by atoms with Gasteiger partial charge in [0.1, 0.15) is 11.2 Å². The first kappa shape index (κ1) is 23.3. The molecule has 10 nitrogen and oxygen atoms in total. The zero-order valence-electron chi connectivity index (χ0n) is 21.5. The van der Waals surface area contributed by atoms with Crippen LogP contribution in [-0.4, -0.2) is 45.6 Å². The lowest BCUT2D eigenvalue weighted by atomic mass is 9.88. The molecule has 1 aliphatic rings. The predicted molar refractivity (Wildman–Crippen MR) is 149 cm³/mol. The smallest absolute Gasteiger partial charge is 0.227 e. The van der Waals surface area contributed by atoms with E-state index >= 15 is 0 Å². The van der Waals surface area contributed by atoms with Crippen molar-refractivity contribution in [2.75, 3.05) is 5.32 Å². The third kappa shape index (κ3) is 4.33. The molecule has 3 N–H and O–H groups in total. The summed E-state index contributed by atoms with van der Waals surface area (Å²) in [4.78, 5) is 34.2. The first-order valence-electron chi connectivity index (χ1n) is 13.2. The van der Waals surface area contributed by atoms with Gasteiger partial charge in [0.2, 0.25) is 5.91 Å². The number of aromatic nitrogens is 8. The highest BCUT2D eigenvalue weighted by atomic mass is 16.1. The molecule has 1 aromatic carbocycles. The average molecular weight is 518 g/mol. The molecule has 5 heterocycles. The molecular weight excluding hydrogens is 490 g/mol. The Morgan fingerprint density at radius 3 is 2.79 bits per heavy atom. The standard InChI is InChI=1S/C29H27N9O/c1-17-15-38(16-32-17)24-9-10-31-27-26(24)34-28(35-27)25-22-12-19(7-8-23(22)36-37-25)20-11-21(14-30-13-20)33-29(39)18-5-3-2-4-6-18/h7-16,18H,2-6H2,1H3,(H,33,39)(H,36,37)(H,31,34,35). The number of carbonyl (C=O) groups is 1. The molecule has 0 saturated heterocycles. The van der Waals surface area contributed by atoms with Crippen LogP contribution in [0.25, 0.3) is 50.4 Å². The number of H-pyrrole nitrogens is 2. The number of rotatable bonds is 5. The second-order valence-corrected chi connectivity index (χ2v) is 10.2. The Labute approximate surface area is 223 Å². The van der Waals surface area contributed by atoms with Crippen LogP contribution in [0.15, 0.2) is 61.4 Å². The molecule has 7 rings (SSSR count). The Morgan fingerprint density at radius 1 is 1.05 bits per heavy atom. The van der Waals surface area contributed by atoms with Crippen molar-refractivity contribution in [2.24, 2.45) is 5.92 Å². The fourth-order valence-corrected chi connectivity index (χ4v) is 5.43. The average Bonchev–Trinajstić information content (AvgIpc) is 3.71. The van der Waals surface area contributed by atoms with Gasteiger partial charge < -0.3 is 14.9 Å². The summed E-state index contributed by atoms with van der Waals surface area (Å²) in [5.74, 6) is 0.797. The molecule has 39 heavy (non-hydrogen) atoms. The molecule has 1 fully saturated rings. The third-order valence-electron chi connectivity index (χ3n) is 7.46. The first-order valence-corrected chi connectivity index (χ1v) is 13.2. The van der Waals surface area contributed by atoms with Crippen molar-refractivity contribution in [3.63, 3.8) is 0 Å². The van der Waals surface area contributed by atoms with Crippen LogP contribution in [0, 0.1) is 12.8 Å². The Hall–Kier alpha value is -4.86. The van der Waals surface area contributed by atoms with Crippen molar-refractivity contribution in [3.05, 3.63) is 67.1 Å². The van der Waals surface area contributed by atoms with Crippen LogP contribution in [0.5, 0.6) is 0 Å². The Morgan fingerprint density at radius 2 is 1.95 bits per heavy atom. The van der Waals surface area contributed by atoms with Gasteiger partial charge in [-0.15, -0.1) is 0 Å². The van der Waals surface area contributed by atoms with Crippen LogP contribution in [-0.2, 0) is 4.79 Å². The van der Waals surface area contributed by atoms with E-state index in [1.54, 1.807) is 18.7 Å². The van der Waals surface area contributed by atoms with Gasteiger partial charge in [0, 0.05) is 35.5 Å². The first-order chi connectivity index (χ1) is 19.1. The summed E-state index contributed by atoms with van der Waals surface area (Å²) in [6, 6.07) is 9.99. The second-order valence-electron chi connectivity index (χ2n) is 10.2. The van der Waals surface area contributed by atoms with Crippen LogP contribution < -0.4 is 5.32 Å². The van der Waals surface area contributed by atoms with Gasteiger partial charge in [0.25, 0.3) is 0 Å². The van der Waals surface area contributed by atoms with E-state index in [4.69, 9.17) is 4.98 Å². The zero-order chi connectivity index (χ0) is 26.3. The fraction of sp³-hybridized carbons (Fsp3) is 0.241. The molecule has 0 aliphatic heterocycles. The molecule has 0 radical (unpaired) electrons. The molecule has 1 amide bonds. The molecule has 0 bridgehead atoms. The largest absolute Gasteiger partial charge is 0.333 e. The number of benzene rings is 1. The predicted octanol–water partition coefficient (Wildman–Crippen LogP) is 5.58. The fourth-order valence-electron chi connectivity index (χ4n) is 5.43. The number of anilines is 1. The summed E-state index contributed by atoms with van der Waals surface area (Å²) in [6.07, 6.45) is 14.4. The van der Waals surface area contributed by atoms with Gasteiger partial charge >= 0.3 is 0 Å². The molecule has 10 heteroatoms. The van der Waals surface area contributed by atoms with Crippen LogP contribution in [0.4, 0.5) is 5.69 Å². The van der Waals surface area contributed by atoms with Crippen LogP contribution >= 0.6 is 0 Å². The van der Waals surface area contributed by atoms with E-state index in [1.807, 2.05) is 48.1 Å². The molecule has 194 valence electrons. The van der Waals surface area contributed by atoms with Gasteiger partial charge in [-0.25, -0.2) is 15.0 Å². The topological polar surface area (TPSA) is 130 Å². The summed E-state index contributed by atoms with van der Waals surface area (Å²) in [5, 5.41) is 11.7. The van der Waals surface area contributed by atoms with Crippen molar-refractivity contribution >= 4 is 33.7 Å². The summed E-state index contributed by atoms with van der Waals surface area (Å²) >= 11 is 0. The molecule has 5 aromatic heterocycles. The minimum absolute atomic E-state index is 0.0869. The summed E-state index contributed by atoms with van der Waals surface area (Å²) in [5.41, 5.74) is 7.44. The zero-order valence-corrected chi connectivity index (χ0v) is 21.5. The minimum Gasteiger partial charge on any atom is -0.333 e. The SMILES string of the molecule is Cc1cn(-c2ccnc3nc(-c4n[nH]c5ccc(-c6cncc(NC(=O)C7CCCCC7)c6)cc45)[nH]c23)cn1. The van der Waals surface area contributed by atoms with Gasteiger partial charge in [-0.2, -0.15) is 5.10 Å². The van der Waals surface area contributed by atoms with Crippen molar-refractivity contribution in [2.45, 2.75) is 39.0 Å². The molecule has 6 aromatic rings. The lowest BCUT2D eigenvalue weighted by molar-refractivity contribution is -0.120. The number of pyridine rings is 2. The van der Waals surface area contributed by atoms with Gasteiger partial charge in [0.05, 0.1) is 35.1 Å². The van der Waals surface area contributed by atoms with Crippen molar-refractivity contribution in [1.82, 2.24) is 39.7 Å². The van der Waals surface area contributed by atoms with E-state index in [9.17, 15) is 4.79 Å². The highest BCUT2D eigenvalue weighted by Gasteiger charge is 2.21. The van der Waals surface area contributed by atoms with E-state index < -0.39 is 0 Å². The maximum atomic E-state index is 12.8. The van der Waals surface area contributed by atoms with Crippen LogP contribution in [0.3, 0.4) is 0 Å². The number of hydrogen-bond acceptors (Lipinski definition) is 6. The number of nitrogens with one attached hydrogen (secondary N) is 3. The van der Waals surface area contributed by atoms with Gasteiger partial charge in [-0.1, -0.05) is 25.3 Å². The highest BCUT2D eigenvalue weighted by molar-refractivity contribution is 5.97. The van der Waals surface area contributed by atoms with Crippen LogP contribution in [0.1, 0.15) is 37.8 Å². The lowest BCUT2D eigenvalue weighted by Crippen LogP contribution is -2.24. The Kier molecular flexibility index (Phi) is 5.65. The molecule has 0 atom stereocenters. The summed E-state index contributed by atoms with van der Waals surface area (Å²) in [7, 11) is 0. The normalized spacial score (nSPS) is 14.3. The number of carbonyl (C=O) groups excluding carboxylic acids is 1. The number of fused-ring (bicyclic) bond motifs is 2. The quantitative estimate of drug-likeness (QED) is 0.274. The van der Waals surface area contributed by atoms with Gasteiger partial charge in [0.15, 0.2) is 11.5 Å². The second kappa shape index (κ2) is 9.46. The Bertz CT molecular complexity index is 1820. The molecule has 1 saturated carbocycles. The summed E-state index contributed by atoms with van der Waals surface area (Å²) in [6.45, 7) is 1.95.